The molecule has 0 atom stereocenters. The third-order valence-electron chi connectivity index (χ3n) is 4.74. The van der Waals surface area contributed by atoms with Gasteiger partial charge >= 0.3 is 0 Å². The van der Waals surface area contributed by atoms with Gasteiger partial charge in [0.1, 0.15) is 5.75 Å². The minimum Gasteiger partial charge on any atom is -0.497 e. The van der Waals surface area contributed by atoms with E-state index in [1.54, 1.807) is 26.3 Å². The van der Waals surface area contributed by atoms with E-state index in [0.717, 1.165) is 50.9 Å². The Kier molecular flexibility index (Phi) is 5.09. The summed E-state index contributed by atoms with van der Waals surface area (Å²) in [6.07, 6.45) is 1.13. The zero-order valence-corrected chi connectivity index (χ0v) is 17.7. The Morgan fingerprint density at radius 2 is 1.67 bits per heavy atom. The number of para-hydroxylation sites is 1. The summed E-state index contributed by atoms with van der Waals surface area (Å²) in [6, 6.07) is 19.0. The number of fused-ring (bicyclic) bond motifs is 2. The highest BCUT2D eigenvalue weighted by Gasteiger charge is 2.13. The number of aromatic nitrogens is 1. The lowest BCUT2D eigenvalue weighted by molar-refractivity contribution is 0.415. The van der Waals surface area contributed by atoms with E-state index >= 15 is 0 Å². The molecule has 4 aromatic rings. The molecule has 0 aliphatic rings. The third kappa shape index (κ3) is 3.95. The largest absolute Gasteiger partial charge is 0.497 e. The van der Waals surface area contributed by atoms with Crippen LogP contribution in [0.5, 0.6) is 5.75 Å². The first-order valence-electron chi connectivity index (χ1n) is 9.31. The molecule has 154 valence electrons. The maximum Gasteiger partial charge on any atom is 0.229 e. The molecule has 0 saturated heterocycles. The predicted octanol–water partition coefficient (Wildman–Crippen LogP) is 4.55. The Bertz CT molecular complexity index is 1350. The normalized spacial score (nSPS) is 11.4. The molecule has 0 radical (unpaired) electrons. The van der Waals surface area contributed by atoms with Crippen LogP contribution in [0.15, 0.2) is 60.7 Å². The molecular formula is C22H22N4O3S. The minimum absolute atomic E-state index is 0.488. The second-order valence-electron chi connectivity index (χ2n) is 6.90. The molecule has 0 spiro atoms. The second kappa shape index (κ2) is 7.72. The molecule has 0 saturated carbocycles. The Labute approximate surface area is 175 Å². The first-order valence-corrected chi connectivity index (χ1v) is 11.2. The van der Waals surface area contributed by atoms with Crippen LogP contribution in [0.25, 0.3) is 21.8 Å². The average molecular weight is 423 g/mol. The van der Waals surface area contributed by atoms with Crippen LogP contribution in [0.4, 0.5) is 22.7 Å². The zero-order chi connectivity index (χ0) is 21.3. The van der Waals surface area contributed by atoms with Crippen molar-refractivity contribution in [3.8, 4) is 5.75 Å². The average Bonchev–Trinajstić information content (AvgIpc) is 2.72. The lowest BCUT2D eigenvalue weighted by Crippen LogP contribution is -2.10. The van der Waals surface area contributed by atoms with Crippen molar-refractivity contribution in [3.05, 3.63) is 60.7 Å². The van der Waals surface area contributed by atoms with Gasteiger partial charge < -0.3 is 15.4 Å². The van der Waals surface area contributed by atoms with Crippen LogP contribution in [0, 0.1) is 0 Å². The van der Waals surface area contributed by atoms with E-state index in [1.807, 2.05) is 48.5 Å². The van der Waals surface area contributed by atoms with E-state index in [0.29, 0.717) is 5.69 Å². The first-order chi connectivity index (χ1) is 14.4. The molecule has 0 aliphatic heterocycles. The minimum atomic E-state index is -3.36. The number of pyridine rings is 1. The standard InChI is InChI=1S/C22H22N4O3S/c1-23-21-12-14(26-30(3,27)28)8-11-19(21)25-22-16-6-4-5-7-18(16)24-20-13-15(29-2)9-10-17(20)22/h4-13,23,26H,1-3H3,(H,24,25). The van der Waals surface area contributed by atoms with Gasteiger partial charge in [-0.15, -0.1) is 0 Å². The van der Waals surface area contributed by atoms with Crippen LogP contribution in [-0.4, -0.2) is 33.8 Å². The highest BCUT2D eigenvalue weighted by Crippen LogP contribution is 2.37. The molecule has 1 heterocycles. The van der Waals surface area contributed by atoms with Crippen molar-refractivity contribution in [1.82, 2.24) is 4.98 Å². The van der Waals surface area contributed by atoms with E-state index in [2.05, 4.69) is 15.4 Å². The monoisotopic (exact) mass is 422 g/mol. The number of ether oxygens (including phenoxy) is 1. The summed E-state index contributed by atoms with van der Waals surface area (Å²) in [7, 11) is 0.0652. The molecule has 0 aliphatic carbocycles. The molecule has 1 aromatic heterocycles. The van der Waals surface area contributed by atoms with E-state index < -0.39 is 10.0 Å². The number of anilines is 4. The number of hydrogen-bond acceptors (Lipinski definition) is 6. The second-order valence-corrected chi connectivity index (χ2v) is 8.65. The van der Waals surface area contributed by atoms with Gasteiger partial charge in [0.2, 0.25) is 10.0 Å². The molecule has 0 unspecified atom stereocenters. The molecule has 4 rings (SSSR count). The quantitative estimate of drug-likeness (QED) is 0.395. The zero-order valence-electron chi connectivity index (χ0n) is 16.9. The fourth-order valence-electron chi connectivity index (χ4n) is 3.41. The van der Waals surface area contributed by atoms with Crippen LogP contribution >= 0.6 is 0 Å². The van der Waals surface area contributed by atoms with Crippen LogP contribution in [0.1, 0.15) is 0 Å². The summed E-state index contributed by atoms with van der Waals surface area (Å²) in [5.41, 5.74) is 4.65. The fourth-order valence-corrected chi connectivity index (χ4v) is 3.96. The highest BCUT2D eigenvalue weighted by molar-refractivity contribution is 7.92. The fraction of sp³-hybridized carbons (Fsp3) is 0.136. The maximum absolute atomic E-state index is 11.6. The Morgan fingerprint density at radius 3 is 2.40 bits per heavy atom. The van der Waals surface area contributed by atoms with Gasteiger partial charge in [0.15, 0.2) is 0 Å². The number of sulfonamides is 1. The summed E-state index contributed by atoms with van der Waals surface area (Å²) in [5.74, 6) is 0.739. The lowest BCUT2D eigenvalue weighted by atomic mass is 10.1. The van der Waals surface area contributed by atoms with Gasteiger partial charge in [-0.1, -0.05) is 18.2 Å². The summed E-state index contributed by atoms with van der Waals surface area (Å²) >= 11 is 0. The summed E-state index contributed by atoms with van der Waals surface area (Å²) in [4.78, 5) is 4.77. The van der Waals surface area contributed by atoms with Crippen molar-refractivity contribution in [3.63, 3.8) is 0 Å². The summed E-state index contributed by atoms with van der Waals surface area (Å²) in [5, 5.41) is 8.58. The highest BCUT2D eigenvalue weighted by atomic mass is 32.2. The number of nitrogens with one attached hydrogen (secondary N) is 3. The molecule has 0 bridgehead atoms. The van der Waals surface area contributed by atoms with Crippen LogP contribution in [-0.2, 0) is 10.0 Å². The molecule has 7 nitrogen and oxygen atoms in total. The van der Waals surface area contributed by atoms with E-state index in [1.165, 1.54) is 0 Å². The van der Waals surface area contributed by atoms with Crippen molar-refractivity contribution in [1.29, 1.82) is 0 Å². The summed E-state index contributed by atoms with van der Waals surface area (Å²) in [6.45, 7) is 0. The van der Waals surface area contributed by atoms with Gasteiger partial charge in [0, 0.05) is 23.9 Å². The number of hydrogen-bond donors (Lipinski definition) is 3. The van der Waals surface area contributed by atoms with Gasteiger partial charge in [0.25, 0.3) is 0 Å². The van der Waals surface area contributed by atoms with Crippen LogP contribution < -0.4 is 20.1 Å². The number of rotatable bonds is 6. The molecule has 30 heavy (non-hydrogen) atoms. The molecular weight excluding hydrogens is 400 g/mol. The molecule has 0 amide bonds. The van der Waals surface area contributed by atoms with Crippen molar-refractivity contribution in [2.75, 3.05) is 35.8 Å². The number of benzene rings is 3. The lowest BCUT2D eigenvalue weighted by Gasteiger charge is -2.17. The predicted molar refractivity (Wildman–Crippen MR) is 124 cm³/mol. The molecule has 3 N–H and O–H groups in total. The van der Waals surface area contributed by atoms with Crippen molar-refractivity contribution < 1.29 is 13.2 Å². The molecule has 3 aromatic carbocycles. The molecule has 0 fully saturated rings. The Hall–Kier alpha value is -3.52. The van der Waals surface area contributed by atoms with Gasteiger partial charge in [-0.3, -0.25) is 4.72 Å². The topological polar surface area (TPSA) is 92.3 Å². The Morgan fingerprint density at radius 1 is 0.900 bits per heavy atom. The number of methoxy groups -OCH3 is 1. The van der Waals surface area contributed by atoms with E-state index in [4.69, 9.17) is 9.72 Å². The van der Waals surface area contributed by atoms with Crippen LogP contribution in [0.3, 0.4) is 0 Å². The van der Waals surface area contributed by atoms with Gasteiger partial charge in [0.05, 0.1) is 47.1 Å². The number of nitrogens with zero attached hydrogens (tertiary/aromatic N) is 1. The van der Waals surface area contributed by atoms with E-state index in [9.17, 15) is 8.42 Å². The molecule has 8 heteroatoms. The van der Waals surface area contributed by atoms with E-state index in [-0.39, 0.29) is 0 Å². The van der Waals surface area contributed by atoms with Gasteiger partial charge in [-0.05, 0) is 36.4 Å². The van der Waals surface area contributed by atoms with Crippen molar-refractivity contribution in [2.24, 2.45) is 0 Å². The first kappa shape index (κ1) is 19.8. The van der Waals surface area contributed by atoms with Gasteiger partial charge in [-0.2, -0.15) is 0 Å². The SMILES string of the molecule is CNc1cc(NS(C)(=O)=O)ccc1Nc1c2ccccc2nc2cc(OC)ccc12. The summed E-state index contributed by atoms with van der Waals surface area (Å²) < 4.78 is 31.0. The smallest absolute Gasteiger partial charge is 0.229 e. The third-order valence-corrected chi connectivity index (χ3v) is 5.35. The van der Waals surface area contributed by atoms with Crippen LogP contribution in [0.2, 0.25) is 0 Å². The van der Waals surface area contributed by atoms with Crippen molar-refractivity contribution >= 4 is 54.6 Å². The van der Waals surface area contributed by atoms with Crippen molar-refractivity contribution in [2.45, 2.75) is 0 Å². The van der Waals surface area contributed by atoms with Gasteiger partial charge in [-0.25, -0.2) is 13.4 Å². The Balaban J connectivity index is 1.86. The maximum atomic E-state index is 11.6.